The van der Waals surface area contributed by atoms with Crippen molar-refractivity contribution in [2.45, 2.75) is 25.9 Å². The van der Waals surface area contributed by atoms with E-state index in [2.05, 4.69) is 39.6 Å². The first-order chi connectivity index (χ1) is 13.8. The zero-order valence-electron chi connectivity index (χ0n) is 16.0. The second-order valence-corrected chi connectivity index (χ2v) is 7.45. The molecular formula is C23H26N4O. The van der Waals surface area contributed by atoms with Crippen molar-refractivity contribution in [1.29, 1.82) is 0 Å². The van der Waals surface area contributed by atoms with Crippen molar-refractivity contribution in [3.05, 3.63) is 84.2 Å². The van der Waals surface area contributed by atoms with Crippen molar-refractivity contribution in [2.24, 2.45) is 5.92 Å². The van der Waals surface area contributed by atoms with Crippen molar-refractivity contribution in [3.63, 3.8) is 0 Å². The fraction of sp³-hybridized carbons (Fsp3) is 0.304. The third-order valence-electron chi connectivity index (χ3n) is 5.25. The molecule has 144 valence electrons. The van der Waals surface area contributed by atoms with Gasteiger partial charge in [-0.15, -0.1) is 0 Å². The molecule has 1 atom stereocenters. The molecule has 2 heterocycles. The van der Waals surface area contributed by atoms with Gasteiger partial charge in [0.25, 0.3) is 0 Å². The van der Waals surface area contributed by atoms with Crippen LogP contribution < -0.4 is 5.32 Å². The topological polar surface area (TPSA) is 50.2 Å². The molecule has 1 saturated heterocycles. The van der Waals surface area contributed by atoms with Gasteiger partial charge in [-0.25, -0.2) is 0 Å². The number of amides is 1. The van der Waals surface area contributed by atoms with E-state index in [4.69, 9.17) is 0 Å². The molecule has 1 aliphatic heterocycles. The summed E-state index contributed by atoms with van der Waals surface area (Å²) >= 11 is 0. The molecule has 28 heavy (non-hydrogen) atoms. The van der Waals surface area contributed by atoms with E-state index in [9.17, 15) is 4.79 Å². The summed E-state index contributed by atoms with van der Waals surface area (Å²) in [6.45, 7) is 3.52. The molecule has 2 aromatic carbocycles. The van der Waals surface area contributed by atoms with Crippen LogP contribution in [0.3, 0.4) is 0 Å². The molecule has 5 nitrogen and oxygen atoms in total. The summed E-state index contributed by atoms with van der Waals surface area (Å²) in [5.74, 6) is 0.166. The normalized spacial score (nSPS) is 17.4. The number of rotatable bonds is 6. The van der Waals surface area contributed by atoms with Crippen molar-refractivity contribution in [3.8, 4) is 0 Å². The summed E-state index contributed by atoms with van der Waals surface area (Å²) in [6.07, 6.45) is 5.74. The van der Waals surface area contributed by atoms with E-state index in [1.165, 1.54) is 5.56 Å². The number of aromatic nitrogens is 2. The zero-order chi connectivity index (χ0) is 19.2. The lowest BCUT2D eigenvalue weighted by Crippen LogP contribution is -2.40. The summed E-state index contributed by atoms with van der Waals surface area (Å²) in [7, 11) is 0. The maximum Gasteiger partial charge on any atom is 0.228 e. The van der Waals surface area contributed by atoms with Crippen LogP contribution in [-0.2, 0) is 17.9 Å². The number of likely N-dealkylation sites (tertiary alicyclic amines) is 1. The fourth-order valence-electron chi connectivity index (χ4n) is 3.77. The van der Waals surface area contributed by atoms with Crippen molar-refractivity contribution < 1.29 is 4.79 Å². The van der Waals surface area contributed by atoms with E-state index in [0.717, 1.165) is 50.3 Å². The second kappa shape index (κ2) is 8.85. The number of carbonyl (C=O) groups excluding carboxylic acids is 1. The van der Waals surface area contributed by atoms with Gasteiger partial charge in [-0.1, -0.05) is 42.5 Å². The Kier molecular flexibility index (Phi) is 5.83. The van der Waals surface area contributed by atoms with Gasteiger partial charge >= 0.3 is 0 Å². The molecule has 0 radical (unpaired) electrons. The van der Waals surface area contributed by atoms with Crippen LogP contribution >= 0.6 is 0 Å². The Labute approximate surface area is 166 Å². The molecular weight excluding hydrogens is 348 g/mol. The van der Waals surface area contributed by atoms with Crippen molar-refractivity contribution in [2.75, 3.05) is 18.4 Å². The van der Waals surface area contributed by atoms with Crippen molar-refractivity contribution >= 4 is 11.6 Å². The predicted octanol–water partition coefficient (Wildman–Crippen LogP) is 3.78. The molecule has 0 spiro atoms. The number of nitrogens with one attached hydrogen (secondary N) is 1. The maximum absolute atomic E-state index is 12.8. The Bertz CT molecular complexity index is 875. The van der Waals surface area contributed by atoms with Gasteiger partial charge in [0, 0.05) is 31.2 Å². The van der Waals surface area contributed by atoms with Crippen LogP contribution in [0, 0.1) is 5.92 Å². The molecule has 1 fully saturated rings. The standard InChI is InChI=1S/C23H26N4O/c28-23(21-8-4-14-26(18-21)16-19-6-2-1-3-7-19)25-22-11-9-20(10-12-22)17-27-15-5-13-24-27/h1-3,5-7,9-13,15,21H,4,8,14,16-18H2,(H,25,28). The van der Waals surface area contributed by atoms with Crippen LogP contribution in [0.4, 0.5) is 5.69 Å². The van der Waals surface area contributed by atoms with Crippen LogP contribution in [0.2, 0.25) is 0 Å². The summed E-state index contributed by atoms with van der Waals surface area (Å²) < 4.78 is 1.89. The van der Waals surface area contributed by atoms with Crippen LogP contribution in [-0.4, -0.2) is 33.7 Å². The predicted molar refractivity (Wildman–Crippen MR) is 111 cm³/mol. The maximum atomic E-state index is 12.8. The van der Waals surface area contributed by atoms with E-state index in [1.54, 1.807) is 6.20 Å². The van der Waals surface area contributed by atoms with Gasteiger partial charge in [0.05, 0.1) is 12.5 Å². The minimum atomic E-state index is 0.0428. The lowest BCUT2D eigenvalue weighted by atomic mass is 9.96. The average molecular weight is 374 g/mol. The largest absolute Gasteiger partial charge is 0.326 e. The van der Waals surface area contributed by atoms with E-state index in [-0.39, 0.29) is 11.8 Å². The minimum Gasteiger partial charge on any atom is -0.326 e. The highest BCUT2D eigenvalue weighted by molar-refractivity contribution is 5.92. The highest BCUT2D eigenvalue weighted by Gasteiger charge is 2.25. The smallest absolute Gasteiger partial charge is 0.228 e. The van der Waals surface area contributed by atoms with Crippen LogP contribution in [0.15, 0.2) is 73.1 Å². The van der Waals surface area contributed by atoms with Crippen LogP contribution in [0.1, 0.15) is 24.0 Å². The van der Waals surface area contributed by atoms with Gasteiger partial charge in [0.2, 0.25) is 5.91 Å². The first-order valence-corrected chi connectivity index (χ1v) is 9.90. The van der Waals surface area contributed by atoms with Crippen LogP contribution in [0.25, 0.3) is 0 Å². The molecule has 5 heteroatoms. The Morgan fingerprint density at radius 3 is 2.54 bits per heavy atom. The molecule has 0 bridgehead atoms. The molecule has 1 amide bonds. The number of hydrogen-bond acceptors (Lipinski definition) is 3. The Morgan fingerprint density at radius 1 is 1.00 bits per heavy atom. The third kappa shape index (κ3) is 4.87. The van der Waals surface area contributed by atoms with E-state index >= 15 is 0 Å². The molecule has 4 rings (SSSR count). The zero-order valence-corrected chi connectivity index (χ0v) is 16.0. The van der Waals surface area contributed by atoms with Crippen LogP contribution in [0.5, 0.6) is 0 Å². The number of carbonyl (C=O) groups is 1. The molecule has 0 aliphatic carbocycles. The summed E-state index contributed by atoms with van der Waals surface area (Å²) in [5, 5.41) is 7.32. The Hall–Kier alpha value is -2.92. The van der Waals surface area contributed by atoms with Gasteiger partial charge < -0.3 is 5.32 Å². The summed E-state index contributed by atoms with van der Waals surface area (Å²) in [6, 6.07) is 20.4. The second-order valence-electron chi connectivity index (χ2n) is 7.45. The van der Waals surface area contributed by atoms with Crippen molar-refractivity contribution in [1.82, 2.24) is 14.7 Å². The summed E-state index contributed by atoms with van der Waals surface area (Å²) in [5.41, 5.74) is 3.32. The SMILES string of the molecule is O=C(Nc1ccc(Cn2cccn2)cc1)C1CCCN(Cc2ccccc2)C1. The van der Waals surface area contributed by atoms with E-state index < -0.39 is 0 Å². The quantitative estimate of drug-likeness (QED) is 0.714. The molecule has 1 N–H and O–H groups in total. The van der Waals surface area contributed by atoms with Gasteiger partial charge in [0.1, 0.15) is 0 Å². The Morgan fingerprint density at radius 2 is 1.79 bits per heavy atom. The number of benzene rings is 2. The molecule has 3 aromatic rings. The number of nitrogens with zero attached hydrogens (tertiary/aromatic N) is 3. The first-order valence-electron chi connectivity index (χ1n) is 9.90. The lowest BCUT2D eigenvalue weighted by Gasteiger charge is -2.32. The highest BCUT2D eigenvalue weighted by atomic mass is 16.1. The van der Waals surface area contributed by atoms with E-state index in [0.29, 0.717) is 0 Å². The average Bonchev–Trinajstić information content (AvgIpc) is 3.23. The third-order valence-corrected chi connectivity index (χ3v) is 5.25. The fourth-order valence-corrected chi connectivity index (χ4v) is 3.77. The van der Waals surface area contributed by atoms with Gasteiger partial charge in [-0.05, 0) is 48.7 Å². The molecule has 1 aliphatic rings. The molecule has 1 unspecified atom stereocenters. The number of anilines is 1. The minimum absolute atomic E-state index is 0.0428. The van der Waals surface area contributed by atoms with Gasteiger partial charge in [-0.2, -0.15) is 5.10 Å². The lowest BCUT2D eigenvalue weighted by molar-refractivity contribution is -0.121. The monoisotopic (exact) mass is 374 g/mol. The molecule has 1 aromatic heterocycles. The Balaban J connectivity index is 1.31. The number of piperidine rings is 1. The van der Waals surface area contributed by atoms with Gasteiger partial charge in [-0.3, -0.25) is 14.4 Å². The number of hydrogen-bond donors (Lipinski definition) is 1. The summed E-state index contributed by atoms with van der Waals surface area (Å²) in [4.78, 5) is 15.1. The molecule has 0 saturated carbocycles. The first kappa shape index (κ1) is 18.4. The van der Waals surface area contributed by atoms with E-state index in [1.807, 2.05) is 47.3 Å². The van der Waals surface area contributed by atoms with Gasteiger partial charge in [0.15, 0.2) is 0 Å². The highest BCUT2D eigenvalue weighted by Crippen LogP contribution is 2.21.